The van der Waals surface area contributed by atoms with E-state index in [-0.39, 0.29) is 24.0 Å². The van der Waals surface area contributed by atoms with Gasteiger partial charge in [-0.2, -0.15) is 0 Å². The number of hydrogen-bond acceptors (Lipinski definition) is 5. The number of guanidine groups is 1. The summed E-state index contributed by atoms with van der Waals surface area (Å²) in [6, 6.07) is 8.17. The zero-order valence-electron chi connectivity index (χ0n) is 17.9. The number of nitrogens with zero attached hydrogens (tertiary/aromatic N) is 3. The Morgan fingerprint density at radius 3 is 2.62 bits per heavy atom. The van der Waals surface area contributed by atoms with E-state index >= 15 is 0 Å². The Morgan fingerprint density at radius 2 is 1.97 bits per heavy atom. The number of thiazole rings is 1. The van der Waals surface area contributed by atoms with E-state index in [4.69, 9.17) is 4.74 Å². The summed E-state index contributed by atoms with van der Waals surface area (Å²) in [5.74, 6) is 1.71. The van der Waals surface area contributed by atoms with E-state index in [0.717, 1.165) is 54.9 Å². The number of likely N-dealkylation sites (N-methyl/N-ethyl adjacent to an activating group) is 1. The Bertz CT molecular complexity index is 733. The second-order valence-corrected chi connectivity index (χ2v) is 7.77. The van der Waals surface area contributed by atoms with Gasteiger partial charge in [0, 0.05) is 49.7 Å². The number of para-hydroxylation sites is 1. The first-order valence-corrected chi connectivity index (χ1v) is 10.8. The quantitative estimate of drug-likeness (QED) is 0.263. The first kappa shape index (κ1) is 25.6. The molecule has 0 amide bonds. The molecule has 0 saturated heterocycles. The number of ether oxygens (including phenoxy) is 1. The average Bonchev–Trinajstić information content (AvgIpc) is 3.13. The molecule has 2 N–H and O–H groups in total. The smallest absolute Gasteiger partial charge is 0.191 e. The zero-order valence-corrected chi connectivity index (χ0v) is 21.0. The normalized spacial score (nSPS) is 11.3. The number of nitrogens with one attached hydrogen (secondary N) is 2. The molecule has 0 bridgehead atoms. The van der Waals surface area contributed by atoms with Gasteiger partial charge in [0.05, 0.1) is 5.01 Å². The molecule has 162 valence electrons. The Morgan fingerprint density at radius 1 is 1.21 bits per heavy atom. The number of aryl methyl sites for hydroxylation is 1. The lowest BCUT2D eigenvalue weighted by molar-refractivity contribution is 0.221. The summed E-state index contributed by atoms with van der Waals surface area (Å²) >= 11 is 1.74. The minimum atomic E-state index is 0. The molecule has 1 heterocycles. The molecule has 1 aromatic carbocycles. The van der Waals surface area contributed by atoms with Crippen LogP contribution >= 0.6 is 35.3 Å². The van der Waals surface area contributed by atoms with Crippen LogP contribution in [0.3, 0.4) is 0 Å². The molecule has 0 fully saturated rings. The maximum absolute atomic E-state index is 6.03. The van der Waals surface area contributed by atoms with E-state index in [1.165, 1.54) is 4.88 Å². The molecule has 0 aliphatic rings. The molecule has 0 saturated carbocycles. The first-order valence-electron chi connectivity index (χ1n) is 9.95. The van der Waals surface area contributed by atoms with E-state index in [0.29, 0.717) is 13.2 Å². The van der Waals surface area contributed by atoms with Crippen LogP contribution in [0.4, 0.5) is 0 Å². The van der Waals surface area contributed by atoms with Gasteiger partial charge in [0.2, 0.25) is 0 Å². The standard InChI is InChI=1S/C21H33N5OS.HI/c1-5-26(6-2)13-14-27-19-10-8-7-9-18(19)16-25-21(22-4)23-12-11-20-24-15-17(3)28-20;/h7-10,15H,5-6,11-14,16H2,1-4H3,(H2,22,23,25);1H. The van der Waals surface area contributed by atoms with Crippen LogP contribution < -0.4 is 15.4 Å². The van der Waals surface area contributed by atoms with Crippen LogP contribution in [-0.2, 0) is 13.0 Å². The second-order valence-electron chi connectivity index (χ2n) is 6.45. The van der Waals surface area contributed by atoms with Crippen LogP contribution in [0.1, 0.15) is 29.3 Å². The Balaban J connectivity index is 0.00000420. The van der Waals surface area contributed by atoms with Crippen LogP contribution in [0.2, 0.25) is 0 Å². The molecule has 2 rings (SSSR count). The third-order valence-electron chi connectivity index (χ3n) is 4.50. The lowest BCUT2D eigenvalue weighted by atomic mass is 10.2. The molecule has 0 radical (unpaired) electrons. The van der Waals surface area contributed by atoms with Gasteiger partial charge in [-0.25, -0.2) is 4.98 Å². The highest BCUT2D eigenvalue weighted by atomic mass is 127. The van der Waals surface area contributed by atoms with E-state index in [9.17, 15) is 0 Å². The monoisotopic (exact) mass is 531 g/mol. The lowest BCUT2D eigenvalue weighted by Gasteiger charge is -2.19. The molecule has 6 nitrogen and oxygen atoms in total. The van der Waals surface area contributed by atoms with Gasteiger partial charge in [-0.3, -0.25) is 4.99 Å². The number of aliphatic imine (C=N–C) groups is 1. The maximum atomic E-state index is 6.03. The SMILES string of the molecule is CCN(CC)CCOc1ccccc1CNC(=NC)NCCc1ncc(C)s1.I. The summed E-state index contributed by atoms with van der Waals surface area (Å²) in [5, 5.41) is 7.86. The third kappa shape index (κ3) is 9.31. The predicted octanol–water partition coefficient (Wildman–Crippen LogP) is 3.70. The summed E-state index contributed by atoms with van der Waals surface area (Å²) in [5.41, 5.74) is 1.13. The van der Waals surface area contributed by atoms with Gasteiger partial charge in [0.25, 0.3) is 0 Å². The Hall–Kier alpha value is -1.39. The Labute approximate surface area is 196 Å². The van der Waals surface area contributed by atoms with Crippen molar-refractivity contribution in [1.82, 2.24) is 20.5 Å². The van der Waals surface area contributed by atoms with Crippen molar-refractivity contribution in [2.45, 2.75) is 33.7 Å². The zero-order chi connectivity index (χ0) is 20.2. The van der Waals surface area contributed by atoms with Gasteiger partial charge in [-0.05, 0) is 26.1 Å². The van der Waals surface area contributed by atoms with Gasteiger partial charge < -0.3 is 20.3 Å². The minimum Gasteiger partial charge on any atom is -0.492 e. The highest BCUT2D eigenvalue weighted by molar-refractivity contribution is 14.0. The van der Waals surface area contributed by atoms with Crippen molar-refractivity contribution in [1.29, 1.82) is 0 Å². The predicted molar refractivity (Wildman–Crippen MR) is 134 cm³/mol. The molecule has 29 heavy (non-hydrogen) atoms. The Kier molecular flexibility index (Phi) is 12.9. The van der Waals surface area contributed by atoms with Crippen LogP contribution in [0.15, 0.2) is 35.5 Å². The van der Waals surface area contributed by atoms with Gasteiger partial charge in [0.1, 0.15) is 12.4 Å². The van der Waals surface area contributed by atoms with E-state index < -0.39 is 0 Å². The molecule has 0 aliphatic carbocycles. The van der Waals surface area contributed by atoms with Crippen LogP contribution in [-0.4, -0.2) is 55.7 Å². The molecular weight excluding hydrogens is 497 g/mol. The van der Waals surface area contributed by atoms with E-state index in [2.05, 4.69) is 52.3 Å². The molecule has 0 spiro atoms. The fourth-order valence-corrected chi connectivity index (χ4v) is 3.61. The number of rotatable bonds is 11. The van der Waals surface area contributed by atoms with Gasteiger partial charge >= 0.3 is 0 Å². The summed E-state index contributed by atoms with van der Waals surface area (Å²) in [6.07, 6.45) is 2.81. The van der Waals surface area contributed by atoms with Gasteiger partial charge in [-0.1, -0.05) is 32.0 Å². The van der Waals surface area contributed by atoms with Crippen LogP contribution in [0, 0.1) is 6.92 Å². The number of hydrogen-bond donors (Lipinski definition) is 2. The largest absolute Gasteiger partial charge is 0.492 e. The summed E-state index contributed by atoms with van der Waals surface area (Å²) in [4.78, 5) is 12.3. The first-order chi connectivity index (χ1) is 13.7. The maximum Gasteiger partial charge on any atom is 0.191 e. The minimum absolute atomic E-state index is 0. The van der Waals surface area contributed by atoms with E-state index in [1.54, 1.807) is 18.4 Å². The average molecular weight is 532 g/mol. The molecule has 0 aliphatic heterocycles. The molecular formula is C21H34IN5OS. The highest BCUT2D eigenvalue weighted by Gasteiger charge is 2.06. The van der Waals surface area contributed by atoms with Crippen molar-refractivity contribution in [2.75, 3.05) is 39.8 Å². The number of halogens is 1. The highest BCUT2D eigenvalue weighted by Crippen LogP contribution is 2.17. The summed E-state index contributed by atoms with van der Waals surface area (Å²) in [6.45, 7) is 11.6. The molecule has 0 unspecified atom stereocenters. The van der Waals surface area contributed by atoms with E-state index in [1.807, 2.05) is 24.4 Å². The molecule has 2 aromatic rings. The lowest BCUT2D eigenvalue weighted by Crippen LogP contribution is -2.38. The van der Waals surface area contributed by atoms with Crippen LogP contribution in [0.5, 0.6) is 5.75 Å². The molecule has 1 aromatic heterocycles. The summed E-state index contributed by atoms with van der Waals surface area (Å²) in [7, 11) is 1.79. The summed E-state index contributed by atoms with van der Waals surface area (Å²) < 4.78 is 6.03. The van der Waals surface area contributed by atoms with Crippen molar-refractivity contribution in [3.05, 3.63) is 45.9 Å². The van der Waals surface area contributed by atoms with Crippen molar-refractivity contribution >= 4 is 41.3 Å². The number of benzene rings is 1. The van der Waals surface area contributed by atoms with Crippen molar-refractivity contribution < 1.29 is 4.74 Å². The van der Waals surface area contributed by atoms with Gasteiger partial charge in [0.15, 0.2) is 5.96 Å². The van der Waals surface area contributed by atoms with Crippen LogP contribution in [0.25, 0.3) is 0 Å². The second kappa shape index (κ2) is 14.6. The number of aromatic nitrogens is 1. The fourth-order valence-electron chi connectivity index (χ4n) is 2.82. The fraction of sp³-hybridized carbons (Fsp3) is 0.524. The third-order valence-corrected chi connectivity index (χ3v) is 5.48. The molecule has 8 heteroatoms. The van der Waals surface area contributed by atoms with Gasteiger partial charge in [-0.15, -0.1) is 35.3 Å². The van der Waals surface area contributed by atoms with Crippen molar-refractivity contribution in [3.8, 4) is 5.75 Å². The molecule has 0 atom stereocenters. The van der Waals surface area contributed by atoms with Crippen molar-refractivity contribution in [2.24, 2.45) is 4.99 Å². The van der Waals surface area contributed by atoms with Crippen molar-refractivity contribution in [3.63, 3.8) is 0 Å². The topological polar surface area (TPSA) is 61.8 Å².